The van der Waals surface area contributed by atoms with Gasteiger partial charge in [0.2, 0.25) is 0 Å². The SMILES string of the molecule is C[SiH2]C#Cc1ccccc1.Cl.Cl.[Zr]. The summed E-state index contributed by atoms with van der Waals surface area (Å²) in [6, 6.07) is 10.1. The van der Waals surface area contributed by atoms with E-state index in [0.717, 1.165) is 5.56 Å². The fourth-order valence-electron chi connectivity index (χ4n) is 0.712. The maximum Gasteiger partial charge on any atom is 0.104 e. The number of hydrogen-bond acceptors (Lipinski definition) is 0. The van der Waals surface area contributed by atoms with Gasteiger partial charge in [0.15, 0.2) is 0 Å². The summed E-state index contributed by atoms with van der Waals surface area (Å²) in [7, 11) is -0.0909. The van der Waals surface area contributed by atoms with Gasteiger partial charge in [-0.25, -0.2) is 0 Å². The van der Waals surface area contributed by atoms with E-state index in [9.17, 15) is 0 Å². The van der Waals surface area contributed by atoms with Crippen LogP contribution in [0.1, 0.15) is 5.56 Å². The quantitative estimate of drug-likeness (QED) is 0.508. The summed E-state index contributed by atoms with van der Waals surface area (Å²) in [5, 5.41) is 0. The van der Waals surface area contributed by atoms with Gasteiger partial charge in [-0.1, -0.05) is 30.7 Å². The molecule has 0 saturated heterocycles. The standard InChI is InChI=1S/C9H10Si.2ClH.Zr/c1-10-8-7-9-5-3-2-4-6-9;;;/h2-6H,10H2,1H3;2*1H;. The maximum atomic E-state index is 3.15. The molecular formula is C9H12Cl2SiZr. The van der Waals surface area contributed by atoms with E-state index < -0.39 is 0 Å². The van der Waals surface area contributed by atoms with Crippen LogP contribution in [0.3, 0.4) is 0 Å². The Morgan fingerprint density at radius 1 is 1.08 bits per heavy atom. The summed E-state index contributed by atoms with van der Waals surface area (Å²) in [6.07, 6.45) is 0. The molecule has 1 aromatic carbocycles. The average molecular weight is 310 g/mol. The van der Waals surface area contributed by atoms with Crippen LogP contribution in [0.4, 0.5) is 0 Å². The van der Waals surface area contributed by atoms with Gasteiger partial charge in [0.25, 0.3) is 0 Å². The molecule has 0 aromatic heterocycles. The van der Waals surface area contributed by atoms with Gasteiger partial charge >= 0.3 is 0 Å². The smallest absolute Gasteiger partial charge is 0.104 e. The molecule has 0 radical (unpaired) electrons. The van der Waals surface area contributed by atoms with Crippen LogP contribution in [0.25, 0.3) is 0 Å². The van der Waals surface area contributed by atoms with Crippen LogP contribution in [0.2, 0.25) is 6.55 Å². The molecule has 0 nitrogen and oxygen atoms in total. The monoisotopic (exact) mass is 308 g/mol. The molecule has 0 amide bonds. The van der Waals surface area contributed by atoms with Crippen LogP contribution in [0.5, 0.6) is 0 Å². The van der Waals surface area contributed by atoms with E-state index in [1.807, 2.05) is 30.3 Å². The minimum absolute atomic E-state index is 0. The molecule has 0 atom stereocenters. The van der Waals surface area contributed by atoms with E-state index in [1.165, 1.54) is 0 Å². The van der Waals surface area contributed by atoms with Crippen molar-refractivity contribution in [1.29, 1.82) is 0 Å². The van der Waals surface area contributed by atoms with Gasteiger partial charge in [0.05, 0.1) is 0 Å². The molecule has 0 saturated carbocycles. The zero-order chi connectivity index (χ0) is 7.23. The van der Waals surface area contributed by atoms with Crippen molar-refractivity contribution in [3.63, 3.8) is 0 Å². The molecule has 4 heteroatoms. The van der Waals surface area contributed by atoms with Gasteiger partial charge in [-0.2, -0.15) is 0 Å². The normalized spacial score (nSPS) is 7.15. The molecule has 0 aliphatic rings. The number of rotatable bonds is 0. The first-order chi connectivity index (χ1) is 4.93. The Morgan fingerprint density at radius 2 is 1.62 bits per heavy atom. The molecule has 13 heavy (non-hydrogen) atoms. The van der Waals surface area contributed by atoms with Crippen molar-refractivity contribution >= 4 is 34.3 Å². The zero-order valence-electron chi connectivity index (χ0n) is 7.41. The first-order valence-electron chi connectivity index (χ1n) is 3.47. The molecule has 1 aromatic rings. The minimum atomic E-state index is -0.0909. The zero-order valence-corrected chi connectivity index (χ0v) is 12.9. The first kappa shape index (κ1) is 19.1. The number of halogens is 2. The van der Waals surface area contributed by atoms with E-state index in [-0.39, 0.29) is 60.5 Å². The van der Waals surface area contributed by atoms with Gasteiger partial charge in [0, 0.05) is 31.8 Å². The summed E-state index contributed by atoms with van der Waals surface area (Å²) < 4.78 is 0. The van der Waals surface area contributed by atoms with Crippen LogP contribution in [0, 0.1) is 11.5 Å². The third kappa shape index (κ3) is 8.78. The van der Waals surface area contributed by atoms with E-state index in [0.29, 0.717) is 0 Å². The molecule has 0 aliphatic carbocycles. The van der Waals surface area contributed by atoms with Crippen LogP contribution in [-0.2, 0) is 26.2 Å². The molecule has 0 N–H and O–H groups in total. The molecular weight excluding hydrogens is 298 g/mol. The average Bonchev–Trinajstić information content (AvgIpc) is 2.03. The molecule has 0 spiro atoms. The summed E-state index contributed by atoms with van der Waals surface area (Å²) in [4.78, 5) is 0. The van der Waals surface area contributed by atoms with Gasteiger partial charge in [-0.15, -0.1) is 30.4 Å². The van der Waals surface area contributed by atoms with Crippen molar-refractivity contribution in [2.75, 3.05) is 0 Å². The summed E-state index contributed by atoms with van der Waals surface area (Å²) in [6.45, 7) is 2.19. The predicted molar refractivity (Wildman–Crippen MR) is 62.2 cm³/mol. The topological polar surface area (TPSA) is 0 Å². The predicted octanol–water partition coefficient (Wildman–Crippen LogP) is 2.05. The molecule has 0 heterocycles. The van der Waals surface area contributed by atoms with E-state index in [4.69, 9.17) is 0 Å². The van der Waals surface area contributed by atoms with Crippen LogP contribution in [-0.4, -0.2) is 9.52 Å². The van der Waals surface area contributed by atoms with Crippen LogP contribution in [0.15, 0.2) is 30.3 Å². The third-order valence-corrected chi connectivity index (χ3v) is 1.71. The second kappa shape index (κ2) is 12.5. The second-order valence-corrected chi connectivity index (χ2v) is 3.08. The maximum absolute atomic E-state index is 3.15. The van der Waals surface area contributed by atoms with Gasteiger partial charge in [-0.3, -0.25) is 0 Å². The largest absolute Gasteiger partial charge is 0.147 e. The van der Waals surface area contributed by atoms with Crippen molar-refractivity contribution in [2.24, 2.45) is 0 Å². The molecule has 0 fully saturated rings. The van der Waals surface area contributed by atoms with E-state index in [1.54, 1.807) is 0 Å². The Morgan fingerprint density at radius 3 is 2.08 bits per heavy atom. The van der Waals surface area contributed by atoms with E-state index in [2.05, 4.69) is 18.0 Å². The van der Waals surface area contributed by atoms with Gasteiger partial charge in [0.1, 0.15) is 9.52 Å². The van der Waals surface area contributed by atoms with Crippen molar-refractivity contribution in [2.45, 2.75) is 6.55 Å². The molecule has 0 aliphatic heterocycles. The van der Waals surface area contributed by atoms with Crippen molar-refractivity contribution < 1.29 is 26.2 Å². The van der Waals surface area contributed by atoms with Crippen molar-refractivity contribution in [1.82, 2.24) is 0 Å². The fraction of sp³-hybridized carbons (Fsp3) is 0.111. The molecule has 0 bridgehead atoms. The van der Waals surface area contributed by atoms with Crippen LogP contribution < -0.4 is 0 Å². The third-order valence-electron chi connectivity index (χ3n) is 1.18. The van der Waals surface area contributed by atoms with Crippen LogP contribution >= 0.6 is 24.8 Å². The Hall–Kier alpha value is 0.460. The Bertz CT molecular complexity index is 253. The fourth-order valence-corrected chi connectivity index (χ4v) is 1.09. The first-order valence-corrected chi connectivity index (χ1v) is 5.59. The minimum Gasteiger partial charge on any atom is -0.147 e. The number of benzene rings is 1. The summed E-state index contributed by atoms with van der Waals surface area (Å²) in [5.41, 5.74) is 4.29. The molecule has 70 valence electrons. The molecule has 1 rings (SSSR count). The Kier molecular flexibility index (Phi) is 18.3. The Labute approximate surface area is 114 Å². The summed E-state index contributed by atoms with van der Waals surface area (Å²) >= 11 is 0. The second-order valence-electron chi connectivity index (χ2n) is 2.02. The number of hydrogen-bond donors (Lipinski definition) is 0. The van der Waals surface area contributed by atoms with Gasteiger partial charge in [-0.05, 0) is 12.1 Å². The molecule has 0 unspecified atom stereocenters. The Balaban J connectivity index is -0.000000333. The van der Waals surface area contributed by atoms with E-state index >= 15 is 0 Å². The van der Waals surface area contributed by atoms with Gasteiger partial charge < -0.3 is 0 Å². The van der Waals surface area contributed by atoms with Crippen molar-refractivity contribution in [3.05, 3.63) is 35.9 Å². The van der Waals surface area contributed by atoms with Crippen molar-refractivity contribution in [3.8, 4) is 11.5 Å². The summed E-state index contributed by atoms with van der Waals surface area (Å²) in [5.74, 6) is 3.11.